The van der Waals surface area contributed by atoms with Crippen LogP contribution >= 0.6 is 11.6 Å². The SMILES string of the molecule is CC(C)n1cc(C(=O)O)nc1Oc1ccccc1Cl. The van der Waals surface area contributed by atoms with E-state index in [1.54, 1.807) is 28.8 Å². The summed E-state index contributed by atoms with van der Waals surface area (Å²) < 4.78 is 7.23. The maximum absolute atomic E-state index is 11.0. The Morgan fingerprint density at radius 2 is 2.11 bits per heavy atom. The fourth-order valence-electron chi connectivity index (χ4n) is 1.55. The van der Waals surface area contributed by atoms with Gasteiger partial charge < -0.3 is 9.84 Å². The summed E-state index contributed by atoms with van der Waals surface area (Å²) in [5, 5.41) is 9.41. The molecule has 1 heterocycles. The summed E-state index contributed by atoms with van der Waals surface area (Å²) >= 11 is 6.00. The highest BCUT2D eigenvalue weighted by molar-refractivity contribution is 6.32. The summed E-state index contributed by atoms with van der Waals surface area (Å²) in [7, 11) is 0. The van der Waals surface area contributed by atoms with Gasteiger partial charge in [-0.15, -0.1) is 0 Å². The summed E-state index contributed by atoms with van der Waals surface area (Å²) in [6.07, 6.45) is 1.44. The Balaban J connectivity index is 2.39. The van der Waals surface area contributed by atoms with Gasteiger partial charge in [0, 0.05) is 12.2 Å². The van der Waals surface area contributed by atoms with Crippen molar-refractivity contribution >= 4 is 17.6 Å². The molecule has 0 bridgehead atoms. The Morgan fingerprint density at radius 1 is 1.42 bits per heavy atom. The Hall–Kier alpha value is -2.01. The third kappa shape index (κ3) is 2.88. The number of nitrogens with zero attached hydrogens (tertiary/aromatic N) is 2. The van der Waals surface area contributed by atoms with E-state index in [-0.39, 0.29) is 17.7 Å². The summed E-state index contributed by atoms with van der Waals surface area (Å²) in [6, 6.07) is 7.19. The number of aromatic nitrogens is 2. The van der Waals surface area contributed by atoms with Crippen molar-refractivity contribution in [2.24, 2.45) is 0 Å². The molecule has 5 nitrogen and oxygen atoms in total. The number of rotatable bonds is 4. The molecule has 1 N–H and O–H groups in total. The highest BCUT2D eigenvalue weighted by atomic mass is 35.5. The molecule has 100 valence electrons. The van der Waals surface area contributed by atoms with Crippen molar-refractivity contribution in [3.05, 3.63) is 41.2 Å². The van der Waals surface area contributed by atoms with Gasteiger partial charge >= 0.3 is 12.0 Å². The van der Waals surface area contributed by atoms with Crippen LogP contribution in [0.3, 0.4) is 0 Å². The number of carbonyl (C=O) groups is 1. The van der Waals surface area contributed by atoms with Gasteiger partial charge in [0.1, 0.15) is 5.75 Å². The molecule has 0 aliphatic rings. The standard InChI is InChI=1S/C13H13ClN2O3/c1-8(2)16-7-10(12(17)18)15-13(16)19-11-6-4-3-5-9(11)14/h3-8H,1-2H3,(H,17,18). The van der Waals surface area contributed by atoms with Crippen LogP contribution in [0.25, 0.3) is 0 Å². The Bertz CT molecular complexity index is 608. The summed E-state index contributed by atoms with van der Waals surface area (Å²) in [4.78, 5) is 14.9. The van der Waals surface area contributed by atoms with Gasteiger partial charge in [-0.2, -0.15) is 4.98 Å². The second-order valence-corrected chi connectivity index (χ2v) is 4.65. The van der Waals surface area contributed by atoms with E-state index in [9.17, 15) is 4.79 Å². The molecule has 0 amide bonds. The van der Waals surface area contributed by atoms with Crippen LogP contribution in [0, 0.1) is 0 Å². The molecule has 6 heteroatoms. The first-order valence-corrected chi connectivity index (χ1v) is 6.11. The Kier molecular flexibility index (Phi) is 3.76. The van der Waals surface area contributed by atoms with Crippen LogP contribution in [-0.4, -0.2) is 20.6 Å². The number of carboxylic acids is 1. The van der Waals surface area contributed by atoms with Gasteiger partial charge in [-0.25, -0.2) is 4.79 Å². The van der Waals surface area contributed by atoms with Gasteiger partial charge in [-0.05, 0) is 26.0 Å². The molecule has 19 heavy (non-hydrogen) atoms. The van der Waals surface area contributed by atoms with Crippen LogP contribution in [0.2, 0.25) is 5.02 Å². The van der Waals surface area contributed by atoms with E-state index in [2.05, 4.69) is 4.98 Å². The largest absolute Gasteiger partial charge is 0.476 e. The van der Waals surface area contributed by atoms with Crippen LogP contribution in [0.15, 0.2) is 30.5 Å². The van der Waals surface area contributed by atoms with Crippen molar-refractivity contribution < 1.29 is 14.6 Å². The summed E-state index contributed by atoms with van der Waals surface area (Å²) in [6.45, 7) is 3.82. The third-order valence-electron chi connectivity index (χ3n) is 2.51. The number of ether oxygens (including phenoxy) is 1. The number of aromatic carboxylic acids is 1. The van der Waals surface area contributed by atoms with E-state index in [0.717, 1.165) is 0 Å². The highest BCUT2D eigenvalue weighted by Crippen LogP contribution is 2.29. The lowest BCUT2D eigenvalue weighted by Crippen LogP contribution is -2.02. The molecule has 0 unspecified atom stereocenters. The predicted octanol–water partition coefficient (Wildman–Crippen LogP) is 3.61. The third-order valence-corrected chi connectivity index (χ3v) is 2.82. The summed E-state index contributed by atoms with van der Waals surface area (Å²) in [5.41, 5.74) is -0.0595. The van der Waals surface area contributed by atoms with Crippen LogP contribution < -0.4 is 4.74 Å². The van der Waals surface area contributed by atoms with Crippen molar-refractivity contribution in [2.75, 3.05) is 0 Å². The molecule has 0 saturated heterocycles. The molecule has 0 radical (unpaired) electrons. The van der Waals surface area contributed by atoms with E-state index in [1.807, 2.05) is 13.8 Å². The first kappa shape index (κ1) is 13.4. The van der Waals surface area contributed by atoms with Gasteiger partial charge in [-0.1, -0.05) is 23.7 Å². The fourth-order valence-corrected chi connectivity index (χ4v) is 1.73. The molecule has 1 aromatic heterocycles. The van der Waals surface area contributed by atoms with Crippen molar-refractivity contribution in [3.8, 4) is 11.8 Å². The van der Waals surface area contributed by atoms with Crippen molar-refractivity contribution in [2.45, 2.75) is 19.9 Å². The normalized spacial score (nSPS) is 10.7. The number of hydrogen-bond donors (Lipinski definition) is 1. The van der Waals surface area contributed by atoms with Gasteiger partial charge in [-0.3, -0.25) is 4.57 Å². The predicted molar refractivity (Wildman–Crippen MR) is 71.1 cm³/mol. The zero-order valence-electron chi connectivity index (χ0n) is 10.5. The van der Waals surface area contributed by atoms with Gasteiger partial charge in [0.05, 0.1) is 5.02 Å². The molecule has 0 aliphatic carbocycles. The fraction of sp³-hybridized carbons (Fsp3) is 0.231. The maximum atomic E-state index is 11.0. The molecule has 0 fully saturated rings. The smallest absolute Gasteiger partial charge is 0.356 e. The highest BCUT2D eigenvalue weighted by Gasteiger charge is 2.17. The van der Waals surface area contributed by atoms with Gasteiger partial charge in [0.15, 0.2) is 5.69 Å². The number of benzene rings is 1. The zero-order valence-corrected chi connectivity index (χ0v) is 11.3. The molecule has 0 saturated carbocycles. The monoisotopic (exact) mass is 280 g/mol. The van der Waals surface area contributed by atoms with Crippen LogP contribution in [0.4, 0.5) is 0 Å². The Labute approximate surface area is 115 Å². The van der Waals surface area contributed by atoms with E-state index in [0.29, 0.717) is 10.8 Å². The Morgan fingerprint density at radius 3 is 2.68 bits per heavy atom. The molecular weight excluding hydrogens is 268 g/mol. The van der Waals surface area contributed by atoms with Gasteiger partial charge in [0.25, 0.3) is 0 Å². The average molecular weight is 281 g/mol. The molecule has 2 rings (SSSR count). The van der Waals surface area contributed by atoms with Crippen LogP contribution in [0.5, 0.6) is 11.8 Å². The van der Waals surface area contributed by atoms with E-state index < -0.39 is 5.97 Å². The van der Waals surface area contributed by atoms with Crippen molar-refractivity contribution in [1.82, 2.24) is 9.55 Å². The maximum Gasteiger partial charge on any atom is 0.356 e. The first-order chi connectivity index (χ1) is 8.99. The van der Waals surface area contributed by atoms with Crippen LogP contribution in [-0.2, 0) is 0 Å². The number of carboxylic acid groups (broad SMARTS) is 1. The lowest BCUT2D eigenvalue weighted by Gasteiger charge is -2.12. The second kappa shape index (κ2) is 5.32. The second-order valence-electron chi connectivity index (χ2n) is 4.25. The quantitative estimate of drug-likeness (QED) is 0.929. The van der Waals surface area contributed by atoms with Crippen molar-refractivity contribution in [3.63, 3.8) is 0 Å². The van der Waals surface area contributed by atoms with Crippen molar-refractivity contribution in [1.29, 1.82) is 0 Å². The van der Waals surface area contributed by atoms with Gasteiger partial charge in [0.2, 0.25) is 0 Å². The summed E-state index contributed by atoms with van der Waals surface area (Å²) in [5.74, 6) is -0.656. The topological polar surface area (TPSA) is 64.4 Å². The lowest BCUT2D eigenvalue weighted by molar-refractivity contribution is 0.0690. The van der Waals surface area contributed by atoms with E-state index in [4.69, 9.17) is 21.4 Å². The van der Waals surface area contributed by atoms with E-state index >= 15 is 0 Å². The van der Waals surface area contributed by atoms with E-state index in [1.165, 1.54) is 6.20 Å². The zero-order chi connectivity index (χ0) is 14.0. The average Bonchev–Trinajstić information content (AvgIpc) is 2.76. The number of halogens is 1. The molecule has 1 aromatic carbocycles. The molecule has 0 atom stereocenters. The minimum absolute atomic E-state index is 0.0260. The number of imidazole rings is 1. The lowest BCUT2D eigenvalue weighted by atomic mass is 10.3. The molecule has 0 spiro atoms. The van der Waals surface area contributed by atoms with Crippen LogP contribution in [0.1, 0.15) is 30.4 Å². The minimum atomic E-state index is -1.09. The molecular formula is C13H13ClN2O3. The first-order valence-electron chi connectivity index (χ1n) is 5.73. The molecule has 2 aromatic rings. The number of hydrogen-bond acceptors (Lipinski definition) is 3. The number of para-hydroxylation sites is 1. The molecule has 0 aliphatic heterocycles. The minimum Gasteiger partial charge on any atom is -0.476 e.